The van der Waals surface area contributed by atoms with Gasteiger partial charge in [0.15, 0.2) is 0 Å². The monoisotopic (exact) mass is 127 g/mol. The van der Waals surface area contributed by atoms with Crippen molar-refractivity contribution in [3.8, 4) is 0 Å². The fourth-order valence-electron chi connectivity index (χ4n) is 0.331. The summed E-state index contributed by atoms with van der Waals surface area (Å²) < 4.78 is 0. The fourth-order valence-corrected chi connectivity index (χ4v) is 0.406. The molecule has 8 heavy (non-hydrogen) atoms. The van der Waals surface area contributed by atoms with Crippen LogP contribution in [-0.2, 0) is 0 Å². The van der Waals surface area contributed by atoms with E-state index in [1.165, 1.54) is 0 Å². The average Bonchev–Trinajstić information content (AvgIpc) is 1.81. The topological polar surface area (TPSA) is 12.4 Å². The lowest BCUT2D eigenvalue weighted by molar-refractivity contribution is 1.18. The standard InChI is InChI=1S/C6H9NS/c1-2-3-4-5-7-6-8/h3-4H,2,5H2,1H3/b4-3+. The first-order chi connectivity index (χ1) is 3.91. The molecule has 0 spiro atoms. The first-order valence-electron chi connectivity index (χ1n) is 2.60. The highest BCUT2D eigenvalue weighted by molar-refractivity contribution is 7.78. The first kappa shape index (κ1) is 7.54. The second kappa shape index (κ2) is 6.54. The molecule has 0 aromatic rings. The maximum absolute atomic E-state index is 4.35. The van der Waals surface area contributed by atoms with Gasteiger partial charge in [-0.05, 0) is 18.6 Å². The van der Waals surface area contributed by atoms with E-state index in [0.29, 0.717) is 6.54 Å². The lowest BCUT2D eigenvalue weighted by Crippen LogP contribution is -1.66. The van der Waals surface area contributed by atoms with E-state index in [1.807, 2.05) is 6.08 Å². The molecule has 0 unspecified atom stereocenters. The van der Waals surface area contributed by atoms with Gasteiger partial charge in [0.25, 0.3) is 0 Å². The van der Waals surface area contributed by atoms with Crippen molar-refractivity contribution < 1.29 is 0 Å². The molecule has 0 heterocycles. The van der Waals surface area contributed by atoms with Gasteiger partial charge in [-0.3, -0.25) is 0 Å². The molecular formula is C6H9NS. The van der Waals surface area contributed by atoms with E-state index in [-0.39, 0.29) is 0 Å². The van der Waals surface area contributed by atoms with E-state index >= 15 is 0 Å². The number of allylic oxidation sites excluding steroid dienone is 1. The van der Waals surface area contributed by atoms with Crippen LogP contribution in [0.25, 0.3) is 0 Å². The lowest BCUT2D eigenvalue weighted by Gasteiger charge is -1.75. The van der Waals surface area contributed by atoms with Crippen LogP contribution in [0.3, 0.4) is 0 Å². The number of hydrogen-bond donors (Lipinski definition) is 0. The molecule has 0 N–H and O–H groups in total. The van der Waals surface area contributed by atoms with Gasteiger partial charge in [-0.1, -0.05) is 19.1 Å². The van der Waals surface area contributed by atoms with E-state index in [0.717, 1.165) is 6.42 Å². The summed E-state index contributed by atoms with van der Waals surface area (Å²) in [6.45, 7) is 2.76. The zero-order valence-corrected chi connectivity index (χ0v) is 5.74. The number of nitrogens with zero attached hydrogens (tertiary/aromatic N) is 1. The van der Waals surface area contributed by atoms with Gasteiger partial charge in [-0.15, -0.1) is 0 Å². The number of aliphatic imine (C=N–C) groups is 1. The zero-order valence-electron chi connectivity index (χ0n) is 4.92. The summed E-state index contributed by atoms with van der Waals surface area (Å²) in [5.41, 5.74) is 0. The molecule has 2 heteroatoms. The summed E-state index contributed by atoms with van der Waals surface area (Å²) in [5, 5.41) is 2.28. The van der Waals surface area contributed by atoms with Crippen molar-refractivity contribution in [2.75, 3.05) is 6.54 Å². The predicted molar refractivity (Wildman–Crippen MR) is 39.3 cm³/mol. The highest BCUT2D eigenvalue weighted by Gasteiger charge is 1.65. The van der Waals surface area contributed by atoms with Gasteiger partial charge in [-0.2, -0.15) is 0 Å². The Hall–Kier alpha value is -0.460. The molecule has 0 aliphatic heterocycles. The molecule has 1 nitrogen and oxygen atoms in total. The molecule has 0 aromatic heterocycles. The minimum Gasteiger partial charge on any atom is -0.228 e. The Bertz CT molecular complexity index is 112. The summed E-state index contributed by atoms with van der Waals surface area (Å²) >= 11 is 4.35. The van der Waals surface area contributed by atoms with Crippen LogP contribution in [-0.4, -0.2) is 11.7 Å². The second-order valence-corrected chi connectivity index (χ2v) is 1.49. The summed E-state index contributed by atoms with van der Waals surface area (Å²) in [5.74, 6) is 0. The molecule has 0 amide bonds. The molecule has 0 aromatic carbocycles. The summed E-state index contributed by atoms with van der Waals surface area (Å²) in [4.78, 5) is 3.69. The molecule has 0 saturated heterocycles. The van der Waals surface area contributed by atoms with Gasteiger partial charge in [0.1, 0.15) is 0 Å². The Labute approximate surface area is 55.1 Å². The molecular weight excluding hydrogens is 118 g/mol. The summed E-state index contributed by atoms with van der Waals surface area (Å²) in [7, 11) is 0. The Morgan fingerprint density at radius 2 is 2.38 bits per heavy atom. The number of hydrogen-bond acceptors (Lipinski definition) is 2. The predicted octanol–water partition coefficient (Wildman–Crippen LogP) is 2.06. The van der Waals surface area contributed by atoms with Crippen molar-refractivity contribution in [1.82, 2.24) is 0 Å². The van der Waals surface area contributed by atoms with Crippen LogP contribution >= 0.6 is 12.2 Å². The Morgan fingerprint density at radius 3 is 2.88 bits per heavy atom. The minimum absolute atomic E-state index is 0.678. The van der Waals surface area contributed by atoms with Crippen molar-refractivity contribution in [3.63, 3.8) is 0 Å². The SMILES string of the molecule is CC/C=C/CN=C=S. The van der Waals surface area contributed by atoms with Crippen LogP contribution in [0.2, 0.25) is 0 Å². The van der Waals surface area contributed by atoms with Crippen LogP contribution in [0.15, 0.2) is 17.1 Å². The molecule has 0 fully saturated rings. The van der Waals surface area contributed by atoms with Crippen molar-refractivity contribution in [3.05, 3.63) is 12.2 Å². The third-order valence-corrected chi connectivity index (χ3v) is 0.793. The van der Waals surface area contributed by atoms with E-state index in [9.17, 15) is 0 Å². The third-order valence-electron chi connectivity index (χ3n) is 0.664. The van der Waals surface area contributed by atoms with E-state index < -0.39 is 0 Å². The van der Waals surface area contributed by atoms with Gasteiger partial charge in [0.05, 0.1) is 11.7 Å². The maximum Gasteiger partial charge on any atom is 0.0673 e. The van der Waals surface area contributed by atoms with Crippen molar-refractivity contribution in [1.29, 1.82) is 0 Å². The Kier molecular flexibility index (Phi) is 6.16. The van der Waals surface area contributed by atoms with Crippen molar-refractivity contribution in [2.45, 2.75) is 13.3 Å². The highest BCUT2D eigenvalue weighted by Crippen LogP contribution is 1.78. The van der Waals surface area contributed by atoms with Crippen LogP contribution in [0.1, 0.15) is 13.3 Å². The highest BCUT2D eigenvalue weighted by atomic mass is 32.1. The number of thiocarbonyl (C=S) groups is 1. The van der Waals surface area contributed by atoms with E-state index in [4.69, 9.17) is 0 Å². The third kappa shape index (κ3) is 5.54. The van der Waals surface area contributed by atoms with Gasteiger partial charge in [-0.25, -0.2) is 4.99 Å². The summed E-state index contributed by atoms with van der Waals surface area (Å²) in [6, 6.07) is 0. The van der Waals surface area contributed by atoms with Crippen LogP contribution in [0.5, 0.6) is 0 Å². The van der Waals surface area contributed by atoms with Crippen molar-refractivity contribution >= 4 is 17.4 Å². The van der Waals surface area contributed by atoms with Gasteiger partial charge >= 0.3 is 0 Å². The smallest absolute Gasteiger partial charge is 0.0673 e. The first-order valence-corrected chi connectivity index (χ1v) is 3.01. The molecule has 44 valence electrons. The molecule has 0 rings (SSSR count). The number of isothiocyanates is 1. The lowest BCUT2D eigenvalue weighted by atomic mass is 10.4. The maximum atomic E-state index is 4.35. The molecule has 0 aliphatic rings. The molecule has 0 atom stereocenters. The van der Waals surface area contributed by atoms with Crippen LogP contribution in [0, 0.1) is 0 Å². The largest absolute Gasteiger partial charge is 0.228 e. The van der Waals surface area contributed by atoms with Crippen LogP contribution < -0.4 is 0 Å². The second-order valence-electron chi connectivity index (χ2n) is 1.31. The van der Waals surface area contributed by atoms with E-state index in [2.05, 4.69) is 35.4 Å². The molecule has 0 saturated carbocycles. The summed E-state index contributed by atoms with van der Waals surface area (Å²) in [6.07, 6.45) is 5.09. The minimum atomic E-state index is 0.678. The Balaban J connectivity index is 3.15. The molecule has 0 radical (unpaired) electrons. The average molecular weight is 127 g/mol. The molecule has 0 bridgehead atoms. The van der Waals surface area contributed by atoms with Gasteiger partial charge < -0.3 is 0 Å². The van der Waals surface area contributed by atoms with Gasteiger partial charge in [0.2, 0.25) is 0 Å². The van der Waals surface area contributed by atoms with Crippen LogP contribution in [0.4, 0.5) is 0 Å². The quantitative estimate of drug-likeness (QED) is 0.321. The van der Waals surface area contributed by atoms with Crippen molar-refractivity contribution in [2.24, 2.45) is 4.99 Å². The molecule has 0 aliphatic carbocycles. The van der Waals surface area contributed by atoms with E-state index in [1.54, 1.807) is 0 Å². The zero-order chi connectivity index (χ0) is 6.24. The number of rotatable bonds is 3. The normalized spacial score (nSPS) is 9.12. The van der Waals surface area contributed by atoms with Gasteiger partial charge in [0, 0.05) is 0 Å². The fraction of sp³-hybridized carbons (Fsp3) is 0.500. The Morgan fingerprint density at radius 1 is 1.62 bits per heavy atom.